The van der Waals surface area contributed by atoms with Crippen molar-refractivity contribution in [3.05, 3.63) is 19.9 Å². The molecule has 1 aliphatic carbocycles. The van der Waals surface area contributed by atoms with Crippen LogP contribution in [-0.4, -0.2) is 31.6 Å². The van der Waals surface area contributed by atoms with Crippen LogP contribution >= 0.6 is 0 Å². The SMILES string of the molecule is CC(C)[O][Hf]([O]C(C)C)([O]C(C)C)[C]1=[C]([Ge]([CH3])([CH3])[CH3])C=CC1. The fourth-order valence-corrected chi connectivity index (χ4v) is 27.4. The van der Waals surface area contributed by atoms with E-state index in [1.807, 2.05) is 0 Å². The number of hydrogen-bond donors (Lipinski definition) is 0. The van der Waals surface area contributed by atoms with Crippen LogP contribution in [0.5, 0.6) is 0 Å². The second-order valence-corrected chi connectivity index (χ2v) is 27.1. The van der Waals surface area contributed by atoms with Crippen molar-refractivity contribution in [2.24, 2.45) is 0 Å². The first-order chi connectivity index (χ1) is 9.98. The summed E-state index contributed by atoms with van der Waals surface area (Å²) in [7, 11) is 0. The molecule has 0 aliphatic heterocycles. The second kappa shape index (κ2) is 8.24. The Balaban J connectivity index is 3.39. The van der Waals surface area contributed by atoms with E-state index in [4.69, 9.17) is 8.56 Å². The Labute approximate surface area is 146 Å². The molecule has 0 aromatic carbocycles. The van der Waals surface area contributed by atoms with E-state index < -0.39 is 34.5 Å². The molecule has 0 atom stereocenters. The zero-order valence-corrected chi connectivity index (χ0v) is 21.5. The van der Waals surface area contributed by atoms with Crippen LogP contribution < -0.4 is 0 Å². The van der Waals surface area contributed by atoms with Gasteiger partial charge >= 0.3 is 147 Å². The quantitative estimate of drug-likeness (QED) is 0.396. The van der Waals surface area contributed by atoms with Gasteiger partial charge in [-0.3, -0.25) is 0 Å². The van der Waals surface area contributed by atoms with E-state index in [0.29, 0.717) is 0 Å². The predicted octanol–water partition coefficient (Wildman–Crippen LogP) is 5.25. The van der Waals surface area contributed by atoms with Crippen LogP contribution in [0, 0.1) is 0 Å². The van der Waals surface area contributed by atoms with Crippen LogP contribution in [-0.2, 0) is 29.8 Å². The molecule has 0 saturated carbocycles. The van der Waals surface area contributed by atoms with Gasteiger partial charge in [0.25, 0.3) is 0 Å². The fourth-order valence-electron chi connectivity index (χ4n) is 2.73. The van der Waals surface area contributed by atoms with Gasteiger partial charge in [-0.1, -0.05) is 0 Å². The summed E-state index contributed by atoms with van der Waals surface area (Å²) >= 11 is -5.91. The van der Waals surface area contributed by atoms with Crippen LogP contribution in [0.25, 0.3) is 0 Å². The second-order valence-electron chi connectivity index (χ2n) is 7.80. The van der Waals surface area contributed by atoms with E-state index in [0.717, 1.165) is 6.42 Å². The topological polar surface area (TPSA) is 27.7 Å². The van der Waals surface area contributed by atoms with Gasteiger partial charge in [0, 0.05) is 0 Å². The minimum absolute atomic E-state index is 0.126. The fraction of sp³-hybridized carbons (Fsp3) is 0.765. The first-order valence-electron chi connectivity index (χ1n) is 8.42. The average molecular weight is 538 g/mol. The number of rotatable bonds is 8. The molecule has 0 aromatic rings. The Hall–Kier alpha value is 0.773. The van der Waals surface area contributed by atoms with E-state index in [-0.39, 0.29) is 18.3 Å². The van der Waals surface area contributed by atoms with Crippen molar-refractivity contribution in [1.29, 1.82) is 0 Å². The molecule has 0 bridgehead atoms. The maximum atomic E-state index is 6.48. The summed E-state index contributed by atoms with van der Waals surface area (Å²) in [6.45, 7) is 12.5. The van der Waals surface area contributed by atoms with Crippen molar-refractivity contribution in [3.8, 4) is 0 Å². The monoisotopic (exact) mass is 540 g/mol. The molecule has 3 nitrogen and oxygen atoms in total. The molecule has 0 heterocycles. The summed E-state index contributed by atoms with van der Waals surface area (Å²) in [6.07, 6.45) is 5.92. The van der Waals surface area contributed by atoms with Gasteiger partial charge in [0.1, 0.15) is 0 Å². The number of allylic oxidation sites excluding steroid dienone is 4. The Kier molecular flexibility index (Phi) is 7.79. The van der Waals surface area contributed by atoms with Gasteiger partial charge in [0.15, 0.2) is 0 Å². The Bertz CT molecular complexity index is 407. The van der Waals surface area contributed by atoms with E-state index in [1.54, 1.807) is 0 Å². The Morgan fingerprint density at radius 3 is 1.59 bits per heavy atom. The molecule has 0 saturated heterocycles. The molecule has 0 N–H and O–H groups in total. The predicted molar refractivity (Wildman–Crippen MR) is 92.8 cm³/mol. The molecule has 0 fully saturated rings. The van der Waals surface area contributed by atoms with Gasteiger partial charge in [-0.15, -0.1) is 0 Å². The van der Waals surface area contributed by atoms with E-state index in [9.17, 15) is 0 Å². The summed E-state index contributed by atoms with van der Waals surface area (Å²) in [5, 5.41) is 0. The third-order valence-electron chi connectivity index (χ3n) is 3.28. The van der Waals surface area contributed by atoms with Crippen molar-refractivity contribution in [2.75, 3.05) is 0 Å². The summed E-state index contributed by atoms with van der Waals surface area (Å²) in [6, 6.07) is 0. The molecule has 0 amide bonds. The van der Waals surface area contributed by atoms with Gasteiger partial charge in [-0.25, -0.2) is 0 Å². The van der Waals surface area contributed by atoms with E-state index in [1.165, 1.54) is 7.74 Å². The van der Waals surface area contributed by atoms with Crippen molar-refractivity contribution >= 4 is 13.3 Å². The van der Waals surface area contributed by atoms with Crippen LogP contribution in [0.1, 0.15) is 48.0 Å². The molecule has 128 valence electrons. The summed E-state index contributed by atoms with van der Waals surface area (Å²) < 4.78 is 22.4. The van der Waals surface area contributed by atoms with Gasteiger partial charge in [-0.05, 0) is 0 Å². The molecular weight excluding hydrogens is 503 g/mol. The van der Waals surface area contributed by atoms with E-state index in [2.05, 4.69) is 71.0 Å². The Morgan fingerprint density at radius 2 is 1.27 bits per heavy atom. The number of hydrogen-bond acceptors (Lipinski definition) is 3. The van der Waals surface area contributed by atoms with Crippen LogP contribution in [0.2, 0.25) is 17.3 Å². The van der Waals surface area contributed by atoms with Crippen molar-refractivity contribution < 1.29 is 29.8 Å². The first kappa shape index (κ1) is 20.8. The average Bonchev–Trinajstić information content (AvgIpc) is 2.73. The molecular formula is C17H34GeHfO3. The van der Waals surface area contributed by atoms with Crippen molar-refractivity contribution in [2.45, 2.75) is 83.5 Å². The van der Waals surface area contributed by atoms with Gasteiger partial charge < -0.3 is 0 Å². The molecule has 1 aliphatic rings. The van der Waals surface area contributed by atoms with Crippen LogP contribution in [0.15, 0.2) is 19.9 Å². The van der Waals surface area contributed by atoms with Crippen molar-refractivity contribution in [3.63, 3.8) is 0 Å². The van der Waals surface area contributed by atoms with Gasteiger partial charge in [-0.2, -0.15) is 0 Å². The molecule has 0 spiro atoms. The minimum atomic E-state index is -3.94. The first-order valence-corrected chi connectivity index (χ1v) is 22.0. The van der Waals surface area contributed by atoms with Gasteiger partial charge in [0.05, 0.1) is 0 Å². The van der Waals surface area contributed by atoms with Gasteiger partial charge in [0.2, 0.25) is 0 Å². The van der Waals surface area contributed by atoms with E-state index >= 15 is 0 Å². The van der Waals surface area contributed by atoms with Crippen LogP contribution in [0.3, 0.4) is 0 Å². The molecule has 5 heteroatoms. The van der Waals surface area contributed by atoms with Crippen molar-refractivity contribution in [1.82, 2.24) is 0 Å². The van der Waals surface area contributed by atoms with Crippen LogP contribution in [0.4, 0.5) is 0 Å². The zero-order chi connectivity index (χ0) is 17.1. The summed E-state index contributed by atoms with van der Waals surface area (Å²) in [5.41, 5.74) is 0. The summed E-state index contributed by atoms with van der Waals surface area (Å²) in [5.74, 6) is 7.30. The molecule has 22 heavy (non-hydrogen) atoms. The molecule has 0 aromatic heterocycles. The standard InChI is InChI=1S/C8H13Ge.3C3H7O.Hf/c1-9(2,3)8-6-4-5-7-8;3*1-3(2)4;/h4,6H,5H2,1-3H3;3*3H,1-2H3;/q;3*-1;+3. The third-order valence-corrected chi connectivity index (χ3v) is 22.3. The normalized spacial score (nSPS) is 16.7. The third kappa shape index (κ3) is 5.69. The maximum absolute atomic E-state index is 6.48. The molecule has 1 rings (SSSR count). The zero-order valence-electron chi connectivity index (χ0n) is 15.8. The summed E-state index contributed by atoms with van der Waals surface area (Å²) in [4.78, 5) is 0. The molecule has 0 radical (unpaired) electrons. The molecule has 0 unspecified atom stereocenters. The Morgan fingerprint density at radius 1 is 0.864 bits per heavy atom.